The van der Waals surface area contributed by atoms with Gasteiger partial charge in [0, 0.05) is 55.2 Å². The number of aromatic nitrogens is 1. The minimum Gasteiger partial charge on any atom is -0.357 e. The number of amides is 1. The van der Waals surface area contributed by atoms with Gasteiger partial charge in [-0.3, -0.25) is 14.7 Å². The average Bonchev–Trinajstić information content (AvgIpc) is 3.14. The third kappa shape index (κ3) is 5.56. The van der Waals surface area contributed by atoms with Gasteiger partial charge in [0.1, 0.15) is 0 Å². The molecule has 0 saturated carbocycles. The molecule has 2 fully saturated rings. The third-order valence-electron chi connectivity index (χ3n) is 6.05. The number of benzene rings is 1. The quantitative estimate of drug-likeness (QED) is 0.583. The zero-order valence-electron chi connectivity index (χ0n) is 18.0. The molecule has 0 N–H and O–H groups in total. The Bertz CT molecular complexity index is 932. The molecule has 2 aliphatic rings. The predicted molar refractivity (Wildman–Crippen MR) is 120 cm³/mol. The molecule has 0 spiro atoms. The van der Waals surface area contributed by atoms with Gasteiger partial charge in [0.05, 0.1) is 12.2 Å². The van der Waals surface area contributed by atoms with Gasteiger partial charge in [-0.2, -0.15) is 13.2 Å². The zero-order chi connectivity index (χ0) is 22.7. The summed E-state index contributed by atoms with van der Waals surface area (Å²) in [5.74, 6) is 0.0502. The van der Waals surface area contributed by atoms with Crippen LogP contribution in [-0.4, -0.2) is 58.5 Å². The van der Waals surface area contributed by atoms with Crippen molar-refractivity contribution >= 4 is 23.4 Å². The van der Waals surface area contributed by atoms with Crippen molar-refractivity contribution in [2.45, 2.75) is 49.2 Å². The van der Waals surface area contributed by atoms with Gasteiger partial charge >= 0.3 is 5.51 Å². The lowest BCUT2D eigenvalue weighted by Gasteiger charge is -2.28. The number of carbonyl (C=O) groups excluding carboxylic acids is 1. The molecule has 172 valence electrons. The molecule has 1 unspecified atom stereocenters. The monoisotopic (exact) mass is 464 g/mol. The van der Waals surface area contributed by atoms with Crippen molar-refractivity contribution in [3.63, 3.8) is 0 Å². The third-order valence-corrected chi connectivity index (χ3v) is 6.79. The molecule has 2 aromatic rings. The number of hydrogen-bond donors (Lipinski definition) is 0. The molecule has 5 nitrogen and oxygen atoms in total. The second kappa shape index (κ2) is 9.70. The van der Waals surface area contributed by atoms with Gasteiger partial charge in [0.2, 0.25) is 0 Å². The molecule has 0 radical (unpaired) electrons. The molecule has 1 atom stereocenters. The molecular formula is C23H27F3N4OS. The van der Waals surface area contributed by atoms with E-state index >= 15 is 0 Å². The van der Waals surface area contributed by atoms with Crippen LogP contribution in [0.3, 0.4) is 0 Å². The lowest BCUT2D eigenvalue weighted by atomic mass is 10.1. The molecule has 2 saturated heterocycles. The maximum Gasteiger partial charge on any atom is 0.446 e. The van der Waals surface area contributed by atoms with Crippen LogP contribution in [0.1, 0.15) is 42.1 Å². The predicted octanol–water partition coefficient (Wildman–Crippen LogP) is 4.99. The number of hydrogen-bond acceptors (Lipinski definition) is 5. The molecule has 1 aromatic carbocycles. The Hall–Kier alpha value is -2.26. The van der Waals surface area contributed by atoms with Gasteiger partial charge in [-0.1, -0.05) is 0 Å². The fraction of sp³-hybridized carbons (Fsp3) is 0.478. The van der Waals surface area contributed by atoms with Crippen LogP contribution in [0.25, 0.3) is 0 Å². The van der Waals surface area contributed by atoms with E-state index in [1.807, 2.05) is 11.0 Å². The lowest BCUT2D eigenvalue weighted by Crippen LogP contribution is -2.37. The first-order chi connectivity index (χ1) is 15.3. The van der Waals surface area contributed by atoms with Crippen LogP contribution in [0.15, 0.2) is 47.6 Å². The van der Waals surface area contributed by atoms with Crippen molar-refractivity contribution in [2.75, 3.05) is 31.2 Å². The summed E-state index contributed by atoms with van der Waals surface area (Å²) in [6.45, 7) is 5.75. The van der Waals surface area contributed by atoms with Crippen molar-refractivity contribution in [1.29, 1.82) is 0 Å². The summed E-state index contributed by atoms with van der Waals surface area (Å²) >= 11 is -0.1000. The Morgan fingerprint density at radius 2 is 1.84 bits per heavy atom. The summed E-state index contributed by atoms with van der Waals surface area (Å²) in [7, 11) is 0. The van der Waals surface area contributed by atoms with Crippen LogP contribution in [0, 0.1) is 0 Å². The Kier molecular flexibility index (Phi) is 6.95. The minimum absolute atomic E-state index is 0.0502. The first-order valence-electron chi connectivity index (χ1n) is 10.9. The fourth-order valence-electron chi connectivity index (χ4n) is 4.34. The molecule has 3 heterocycles. The number of thioether (sulfide) groups is 1. The summed E-state index contributed by atoms with van der Waals surface area (Å²) in [6.07, 6.45) is 6.64. The van der Waals surface area contributed by atoms with Crippen LogP contribution in [0.2, 0.25) is 0 Å². The topological polar surface area (TPSA) is 39.7 Å². The number of nitrogens with zero attached hydrogens (tertiary/aromatic N) is 4. The van der Waals surface area contributed by atoms with Crippen LogP contribution in [0.4, 0.5) is 18.9 Å². The molecule has 32 heavy (non-hydrogen) atoms. The molecule has 1 aromatic heterocycles. The summed E-state index contributed by atoms with van der Waals surface area (Å²) in [5, 5.41) is 0. The number of anilines is 1. The summed E-state index contributed by atoms with van der Waals surface area (Å²) in [5.41, 5.74) is -1.77. The number of alkyl halides is 3. The maximum atomic E-state index is 13.1. The lowest BCUT2D eigenvalue weighted by molar-refractivity contribution is -0.0328. The normalized spacial score (nSPS) is 20.1. The number of carbonyl (C=O) groups is 1. The van der Waals surface area contributed by atoms with Crippen LogP contribution < -0.4 is 4.90 Å². The van der Waals surface area contributed by atoms with E-state index in [0.717, 1.165) is 43.7 Å². The van der Waals surface area contributed by atoms with Gasteiger partial charge in [0.15, 0.2) is 0 Å². The summed E-state index contributed by atoms with van der Waals surface area (Å²) in [4.78, 5) is 23.8. The highest BCUT2D eigenvalue weighted by Gasteiger charge is 2.31. The zero-order valence-corrected chi connectivity index (χ0v) is 18.8. The largest absolute Gasteiger partial charge is 0.446 e. The Balaban J connectivity index is 1.43. The standard InChI is InChI=1S/C23H27F3N4OS/c1-17-14-30(19-5-7-20(8-6-19)32-23(24,25)26)16-29(17)15-18-9-10-27-13-21(18)22(31)28-11-3-2-4-12-28/h5-10,13,17H,2-4,11-12,14-16H2,1H3. The maximum absolute atomic E-state index is 13.1. The molecule has 0 aliphatic carbocycles. The van der Waals surface area contributed by atoms with E-state index in [2.05, 4.69) is 21.7 Å². The molecule has 0 bridgehead atoms. The number of pyridine rings is 1. The van der Waals surface area contributed by atoms with E-state index in [0.29, 0.717) is 18.8 Å². The summed E-state index contributed by atoms with van der Waals surface area (Å²) in [6, 6.07) is 8.66. The van der Waals surface area contributed by atoms with Crippen LogP contribution in [0.5, 0.6) is 0 Å². The first-order valence-corrected chi connectivity index (χ1v) is 11.7. The Labute approximate surface area is 190 Å². The highest BCUT2D eigenvalue weighted by Crippen LogP contribution is 2.37. The number of rotatable bonds is 5. The van der Waals surface area contributed by atoms with Crippen LogP contribution in [-0.2, 0) is 6.54 Å². The van der Waals surface area contributed by atoms with Gasteiger partial charge in [-0.05, 0) is 73.8 Å². The van der Waals surface area contributed by atoms with E-state index in [9.17, 15) is 18.0 Å². The second-order valence-electron chi connectivity index (χ2n) is 8.39. The Morgan fingerprint density at radius 3 is 2.53 bits per heavy atom. The van der Waals surface area contributed by atoms with Gasteiger partial charge in [-0.15, -0.1) is 0 Å². The van der Waals surface area contributed by atoms with Crippen LogP contribution >= 0.6 is 11.8 Å². The number of halogens is 3. The van der Waals surface area contributed by atoms with E-state index in [1.54, 1.807) is 24.5 Å². The SMILES string of the molecule is CC1CN(c2ccc(SC(F)(F)F)cc2)CN1Cc1ccncc1C(=O)N1CCCCC1. The molecule has 1 amide bonds. The number of piperidine rings is 1. The highest BCUT2D eigenvalue weighted by molar-refractivity contribution is 8.00. The van der Waals surface area contributed by atoms with Crippen molar-refractivity contribution in [3.05, 3.63) is 53.9 Å². The van der Waals surface area contributed by atoms with E-state index in [4.69, 9.17) is 0 Å². The second-order valence-corrected chi connectivity index (χ2v) is 9.53. The van der Waals surface area contributed by atoms with Crippen molar-refractivity contribution in [1.82, 2.24) is 14.8 Å². The molecule has 9 heteroatoms. The Morgan fingerprint density at radius 1 is 1.12 bits per heavy atom. The first kappa shape index (κ1) is 22.9. The van der Waals surface area contributed by atoms with Crippen molar-refractivity contribution in [2.24, 2.45) is 0 Å². The highest BCUT2D eigenvalue weighted by atomic mass is 32.2. The van der Waals surface area contributed by atoms with E-state index in [-0.39, 0.29) is 28.6 Å². The van der Waals surface area contributed by atoms with Gasteiger partial charge in [0.25, 0.3) is 5.91 Å². The van der Waals surface area contributed by atoms with Crippen molar-refractivity contribution in [3.8, 4) is 0 Å². The minimum atomic E-state index is -4.28. The fourth-order valence-corrected chi connectivity index (χ4v) is 4.88. The molecular weight excluding hydrogens is 437 g/mol. The molecule has 4 rings (SSSR count). The van der Waals surface area contributed by atoms with Crippen molar-refractivity contribution < 1.29 is 18.0 Å². The van der Waals surface area contributed by atoms with E-state index in [1.165, 1.54) is 18.6 Å². The van der Waals surface area contributed by atoms with E-state index < -0.39 is 5.51 Å². The molecule has 2 aliphatic heterocycles. The summed E-state index contributed by atoms with van der Waals surface area (Å²) < 4.78 is 37.7. The van der Waals surface area contributed by atoms with Gasteiger partial charge in [-0.25, -0.2) is 0 Å². The van der Waals surface area contributed by atoms with Gasteiger partial charge < -0.3 is 9.80 Å². The number of likely N-dealkylation sites (tertiary alicyclic amines) is 1. The smallest absolute Gasteiger partial charge is 0.357 e. The average molecular weight is 465 g/mol.